The fourth-order valence-electron chi connectivity index (χ4n) is 2.44. The van der Waals surface area contributed by atoms with Crippen molar-refractivity contribution in [3.05, 3.63) is 30.5 Å². The fourth-order valence-corrected chi connectivity index (χ4v) is 2.44. The summed E-state index contributed by atoms with van der Waals surface area (Å²) in [5.41, 5.74) is 1.26. The third-order valence-electron chi connectivity index (χ3n) is 3.38. The lowest BCUT2D eigenvalue weighted by Crippen LogP contribution is -2.21. The Morgan fingerprint density at radius 3 is 2.85 bits per heavy atom. The molecule has 110 valence electrons. The Kier molecular flexibility index (Phi) is 5.48. The molecule has 1 aromatic heterocycles. The summed E-state index contributed by atoms with van der Waals surface area (Å²) in [6.45, 7) is 10.4. The molecule has 2 rings (SSSR count). The molecule has 0 aliphatic heterocycles. The first-order valence-corrected chi connectivity index (χ1v) is 7.63. The van der Waals surface area contributed by atoms with E-state index in [-0.39, 0.29) is 0 Å². The van der Waals surface area contributed by atoms with E-state index in [4.69, 9.17) is 4.74 Å². The highest BCUT2D eigenvalue weighted by atomic mass is 16.5. The number of ether oxygens (including phenoxy) is 1. The Hall–Kier alpha value is -1.48. The quantitative estimate of drug-likeness (QED) is 0.743. The van der Waals surface area contributed by atoms with Crippen molar-refractivity contribution in [1.29, 1.82) is 0 Å². The number of fused-ring (bicyclic) bond motifs is 1. The van der Waals surface area contributed by atoms with Crippen molar-refractivity contribution in [3.8, 4) is 5.75 Å². The van der Waals surface area contributed by atoms with Gasteiger partial charge in [0.15, 0.2) is 0 Å². The smallest absolute Gasteiger partial charge is 0.128 e. The molecular weight excluding hydrogens is 248 g/mol. The van der Waals surface area contributed by atoms with E-state index >= 15 is 0 Å². The van der Waals surface area contributed by atoms with E-state index in [0.29, 0.717) is 6.61 Å². The molecule has 1 heterocycles. The van der Waals surface area contributed by atoms with Crippen molar-refractivity contribution >= 4 is 10.9 Å². The van der Waals surface area contributed by atoms with Gasteiger partial charge in [0.05, 0.1) is 12.1 Å². The first-order valence-electron chi connectivity index (χ1n) is 7.63. The molecule has 3 heteroatoms. The summed E-state index contributed by atoms with van der Waals surface area (Å²) in [5.74, 6) is 1.71. The lowest BCUT2D eigenvalue weighted by atomic mass is 10.2. The minimum absolute atomic E-state index is 0.712. The standard InChI is InChI=1S/C17H26N2O/c1-4-20-17-8-5-7-16-15(17)9-12-19(16)11-6-10-18-13-14(2)3/h5,7-9,12,14,18H,4,6,10-11,13H2,1-3H3. The van der Waals surface area contributed by atoms with Crippen LogP contribution in [0.4, 0.5) is 0 Å². The van der Waals surface area contributed by atoms with Gasteiger partial charge in [-0.2, -0.15) is 0 Å². The number of aromatic nitrogens is 1. The lowest BCUT2D eigenvalue weighted by Gasteiger charge is -2.09. The van der Waals surface area contributed by atoms with Gasteiger partial charge in [-0.3, -0.25) is 0 Å². The van der Waals surface area contributed by atoms with Crippen LogP contribution in [0.3, 0.4) is 0 Å². The summed E-state index contributed by atoms with van der Waals surface area (Å²) < 4.78 is 7.99. The Balaban J connectivity index is 1.95. The van der Waals surface area contributed by atoms with Crippen LogP contribution in [0.15, 0.2) is 30.5 Å². The second-order valence-corrected chi connectivity index (χ2v) is 5.58. The molecule has 0 spiro atoms. The van der Waals surface area contributed by atoms with E-state index in [2.05, 4.69) is 48.1 Å². The number of rotatable bonds is 8. The molecule has 0 unspecified atom stereocenters. The molecule has 20 heavy (non-hydrogen) atoms. The third-order valence-corrected chi connectivity index (χ3v) is 3.38. The van der Waals surface area contributed by atoms with Gasteiger partial charge in [0.1, 0.15) is 5.75 Å². The summed E-state index contributed by atoms with van der Waals surface area (Å²) in [7, 11) is 0. The molecule has 0 amide bonds. The van der Waals surface area contributed by atoms with Crippen LogP contribution in [-0.4, -0.2) is 24.3 Å². The minimum Gasteiger partial charge on any atom is -0.493 e. The van der Waals surface area contributed by atoms with Crippen LogP contribution in [0.25, 0.3) is 10.9 Å². The van der Waals surface area contributed by atoms with Crippen LogP contribution in [0, 0.1) is 5.92 Å². The normalized spacial score (nSPS) is 11.4. The van der Waals surface area contributed by atoms with Crippen LogP contribution >= 0.6 is 0 Å². The maximum Gasteiger partial charge on any atom is 0.128 e. The van der Waals surface area contributed by atoms with Gasteiger partial charge in [0.25, 0.3) is 0 Å². The molecule has 2 aromatic rings. The number of nitrogens with one attached hydrogen (secondary N) is 1. The van der Waals surface area contributed by atoms with Crippen molar-refractivity contribution in [2.75, 3.05) is 19.7 Å². The first-order chi connectivity index (χ1) is 9.72. The molecule has 1 aromatic carbocycles. The van der Waals surface area contributed by atoms with Crippen LogP contribution in [0.2, 0.25) is 0 Å². The van der Waals surface area contributed by atoms with Crippen LogP contribution in [0.1, 0.15) is 27.2 Å². The van der Waals surface area contributed by atoms with Crippen molar-refractivity contribution in [2.45, 2.75) is 33.7 Å². The van der Waals surface area contributed by atoms with Gasteiger partial charge in [0.2, 0.25) is 0 Å². The average Bonchev–Trinajstić information content (AvgIpc) is 2.83. The maximum absolute atomic E-state index is 5.68. The topological polar surface area (TPSA) is 26.2 Å². The van der Waals surface area contributed by atoms with Gasteiger partial charge in [-0.15, -0.1) is 0 Å². The molecule has 1 N–H and O–H groups in total. The van der Waals surface area contributed by atoms with E-state index in [1.54, 1.807) is 0 Å². The average molecular weight is 274 g/mol. The van der Waals surface area contributed by atoms with Crippen molar-refractivity contribution in [1.82, 2.24) is 9.88 Å². The third kappa shape index (κ3) is 3.76. The van der Waals surface area contributed by atoms with Crippen molar-refractivity contribution < 1.29 is 4.74 Å². The predicted molar refractivity (Wildman–Crippen MR) is 85.4 cm³/mol. The summed E-state index contributed by atoms with van der Waals surface area (Å²) >= 11 is 0. The molecule has 0 aliphatic carbocycles. The fraction of sp³-hybridized carbons (Fsp3) is 0.529. The molecule has 0 aliphatic rings. The van der Waals surface area contributed by atoms with Crippen LogP contribution in [0.5, 0.6) is 5.75 Å². The summed E-state index contributed by atoms with van der Waals surface area (Å²) in [5, 5.41) is 4.70. The Morgan fingerprint density at radius 1 is 1.25 bits per heavy atom. The van der Waals surface area contributed by atoms with E-state index < -0.39 is 0 Å². The second kappa shape index (κ2) is 7.34. The Labute approximate surface area is 121 Å². The molecular formula is C17H26N2O. The number of hydrogen-bond acceptors (Lipinski definition) is 2. The number of aryl methyl sites for hydroxylation is 1. The van der Waals surface area contributed by atoms with Gasteiger partial charge >= 0.3 is 0 Å². The zero-order valence-corrected chi connectivity index (χ0v) is 12.9. The molecule has 0 radical (unpaired) electrons. The van der Waals surface area contributed by atoms with Gasteiger partial charge in [-0.05, 0) is 50.6 Å². The molecule has 0 fully saturated rings. The zero-order valence-electron chi connectivity index (χ0n) is 12.9. The Morgan fingerprint density at radius 2 is 2.10 bits per heavy atom. The summed E-state index contributed by atoms with van der Waals surface area (Å²) in [4.78, 5) is 0. The van der Waals surface area contributed by atoms with E-state index in [1.165, 1.54) is 10.9 Å². The predicted octanol–water partition coefficient (Wildman–Crippen LogP) is 3.68. The Bertz CT molecular complexity index is 531. The van der Waals surface area contributed by atoms with Gasteiger partial charge in [-0.1, -0.05) is 19.9 Å². The van der Waals surface area contributed by atoms with E-state index in [0.717, 1.165) is 37.7 Å². The lowest BCUT2D eigenvalue weighted by molar-refractivity contribution is 0.344. The molecule has 0 saturated carbocycles. The van der Waals surface area contributed by atoms with E-state index in [9.17, 15) is 0 Å². The maximum atomic E-state index is 5.68. The van der Waals surface area contributed by atoms with Gasteiger partial charge in [-0.25, -0.2) is 0 Å². The highest BCUT2D eigenvalue weighted by Gasteiger charge is 2.05. The minimum atomic E-state index is 0.712. The van der Waals surface area contributed by atoms with Crippen molar-refractivity contribution in [2.24, 2.45) is 5.92 Å². The zero-order chi connectivity index (χ0) is 14.4. The first kappa shape index (κ1) is 14.9. The second-order valence-electron chi connectivity index (χ2n) is 5.58. The highest BCUT2D eigenvalue weighted by molar-refractivity contribution is 5.86. The van der Waals surface area contributed by atoms with Crippen LogP contribution in [-0.2, 0) is 6.54 Å². The molecule has 0 bridgehead atoms. The van der Waals surface area contributed by atoms with E-state index in [1.807, 2.05) is 13.0 Å². The summed E-state index contributed by atoms with van der Waals surface area (Å²) in [6.07, 6.45) is 3.31. The SMILES string of the molecule is CCOc1cccc2c1ccn2CCCNCC(C)C. The number of benzene rings is 1. The van der Waals surface area contributed by atoms with Gasteiger partial charge in [0, 0.05) is 18.1 Å². The molecule has 3 nitrogen and oxygen atoms in total. The number of nitrogens with zero attached hydrogens (tertiary/aromatic N) is 1. The molecule has 0 atom stereocenters. The van der Waals surface area contributed by atoms with Crippen LogP contribution < -0.4 is 10.1 Å². The highest BCUT2D eigenvalue weighted by Crippen LogP contribution is 2.26. The summed E-state index contributed by atoms with van der Waals surface area (Å²) in [6, 6.07) is 8.43. The largest absolute Gasteiger partial charge is 0.493 e. The molecule has 0 saturated heterocycles. The van der Waals surface area contributed by atoms with Gasteiger partial charge < -0.3 is 14.6 Å². The van der Waals surface area contributed by atoms with Crippen molar-refractivity contribution in [3.63, 3.8) is 0 Å². The number of hydrogen-bond donors (Lipinski definition) is 1. The monoisotopic (exact) mass is 274 g/mol.